The van der Waals surface area contributed by atoms with Crippen LogP contribution in [0.15, 0.2) is 48.5 Å². The molecular weight excluding hydrogens is 266 g/mol. The second-order valence-corrected chi connectivity index (χ2v) is 5.23. The fraction of sp³-hybridized carbons (Fsp3) is 0.235. The summed E-state index contributed by atoms with van der Waals surface area (Å²) in [6.07, 6.45) is 0. The van der Waals surface area contributed by atoms with E-state index in [4.69, 9.17) is 0 Å². The van der Waals surface area contributed by atoms with Crippen molar-refractivity contribution in [2.45, 2.75) is 25.9 Å². The molecule has 2 rings (SSSR count). The zero-order valence-corrected chi connectivity index (χ0v) is 12.1. The number of benzene rings is 2. The molecule has 0 aromatic heterocycles. The summed E-state index contributed by atoms with van der Waals surface area (Å²) in [5.74, 6) is -0.507. The van der Waals surface area contributed by atoms with Crippen molar-refractivity contribution in [3.63, 3.8) is 0 Å². The lowest BCUT2D eigenvalue weighted by atomic mass is 9.96. The van der Waals surface area contributed by atoms with E-state index in [1.807, 2.05) is 32.0 Å². The number of carbonyl (C=O) groups is 1. The summed E-state index contributed by atoms with van der Waals surface area (Å²) in [7, 11) is 0. The van der Waals surface area contributed by atoms with Gasteiger partial charge in [0.25, 0.3) is 0 Å². The maximum atomic E-state index is 12.7. The summed E-state index contributed by atoms with van der Waals surface area (Å²) in [5, 5.41) is 22.3. The predicted octanol–water partition coefficient (Wildman–Crippen LogP) is 3.02. The van der Waals surface area contributed by atoms with E-state index in [1.54, 1.807) is 18.2 Å². The molecule has 0 fully saturated rings. The molecule has 3 N–H and O–H groups in total. The Morgan fingerprint density at radius 2 is 1.67 bits per heavy atom. The Morgan fingerprint density at radius 1 is 1.00 bits per heavy atom. The van der Waals surface area contributed by atoms with Crippen molar-refractivity contribution in [3.05, 3.63) is 59.7 Å². The van der Waals surface area contributed by atoms with Gasteiger partial charge in [0.15, 0.2) is 17.3 Å². The highest BCUT2D eigenvalue weighted by Crippen LogP contribution is 2.29. The van der Waals surface area contributed by atoms with Gasteiger partial charge in [-0.05, 0) is 31.5 Å². The lowest BCUT2D eigenvalue weighted by molar-refractivity contribution is 0.0938. The van der Waals surface area contributed by atoms with Crippen LogP contribution in [0.25, 0.3) is 0 Å². The van der Waals surface area contributed by atoms with Gasteiger partial charge >= 0.3 is 0 Å². The first-order valence-corrected chi connectivity index (χ1v) is 6.86. The highest BCUT2D eigenvalue weighted by molar-refractivity contribution is 6.00. The van der Waals surface area contributed by atoms with E-state index in [2.05, 4.69) is 5.32 Å². The standard InChI is InChI=1S/C17H19NO3/c1-11(2)18-16(13-8-9-14(19)15(20)10-13)17(21)12-6-4-3-5-7-12/h3-11,16,18-20H,1-2H3. The minimum Gasteiger partial charge on any atom is -0.504 e. The third-order valence-electron chi connectivity index (χ3n) is 3.15. The minimum absolute atomic E-state index is 0.0746. The smallest absolute Gasteiger partial charge is 0.184 e. The van der Waals surface area contributed by atoms with Crippen LogP contribution in [0.4, 0.5) is 0 Å². The van der Waals surface area contributed by atoms with Crippen LogP contribution in [0.2, 0.25) is 0 Å². The number of phenols is 2. The second-order valence-electron chi connectivity index (χ2n) is 5.23. The number of hydrogen-bond acceptors (Lipinski definition) is 4. The summed E-state index contributed by atoms with van der Waals surface area (Å²) in [5.41, 5.74) is 1.22. The van der Waals surface area contributed by atoms with Crippen LogP contribution in [0, 0.1) is 0 Å². The van der Waals surface area contributed by atoms with Crippen molar-refractivity contribution in [1.29, 1.82) is 0 Å². The van der Waals surface area contributed by atoms with E-state index in [0.29, 0.717) is 11.1 Å². The molecule has 2 aromatic rings. The first kappa shape index (κ1) is 15.1. The van der Waals surface area contributed by atoms with E-state index in [0.717, 1.165) is 0 Å². The van der Waals surface area contributed by atoms with Crippen LogP contribution in [0.3, 0.4) is 0 Å². The first-order chi connectivity index (χ1) is 9.99. The average molecular weight is 285 g/mol. The fourth-order valence-corrected chi connectivity index (χ4v) is 2.15. The fourth-order valence-electron chi connectivity index (χ4n) is 2.15. The third kappa shape index (κ3) is 3.61. The van der Waals surface area contributed by atoms with E-state index in [1.165, 1.54) is 12.1 Å². The summed E-state index contributed by atoms with van der Waals surface area (Å²) in [4.78, 5) is 12.7. The summed E-state index contributed by atoms with van der Waals surface area (Å²) < 4.78 is 0. The molecule has 2 aromatic carbocycles. The molecule has 0 spiro atoms. The monoisotopic (exact) mass is 285 g/mol. The average Bonchev–Trinajstić information content (AvgIpc) is 2.48. The largest absolute Gasteiger partial charge is 0.504 e. The van der Waals surface area contributed by atoms with Gasteiger partial charge in [-0.1, -0.05) is 36.4 Å². The third-order valence-corrected chi connectivity index (χ3v) is 3.15. The Balaban J connectivity index is 2.38. The van der Waals surface area contributed by atoms with Crippen LogP contribution in [0.5, 0.6) is 11.5 Å². The van der Waals surface area contributed by atoms with Crippen molar-refractivity contribution in [2.24, 2.45) is 0 Å². The van der Waals surface area contributed by atoms with Gasteiger partial charge in [0.1, 0.15) is 0 Å². The molecule has 4 heteroatoms. The predicted molar refractivity (Wildman–Crippen MR) is 81.6 cm³/mol. The number of hydrogen-bond donors (Lipinski definition) is 3. The van der Waals surface area contributed by atoms with Gasteiger partial charge in [-0.3, -0.25) is 4.79 Å². The Kier molecular flexibility index (Phi) is 4.60. The lowest BCUT2D eigenvalue weighted by Gasteiger charge is -2.21. The number of phenolic OH excluding ortho intramolecular Hbond substituents is 2. The lowest BCUT2D eigenvalue weighted by Crippen LogP contribution is -2.33. The highest BCUT2D eigenvalue weighted by Gasteiger charge is 2.23. The van der Waals surface area contributed by atoms with E-state index >= 15 is 0 Å². The summed E-state index contributed by atoms with van der Waals surface area (Å²) >= 11 is 0. The Hall–Kier alpha value is -2.33. The zero-order valence-electron chi connectivity index (χ0n) is 12.1. The minimum atomic E-state index is -0.570. The van der Waals surface area contributed by atoms with Gasteiger partial charge < -0.3 is 15.5 Å². The Morgan fingerprint density at radius 3 is 2.24 bits per heavy atom. The molecule has 110 valence electrons. The molecule has 0 aliphatic carbocycles. The first-order valence-electron chi connectivity index (χ1n) is 6.86. The van der Waals surface area contributed by atoms with Gasteiger partial charge in [0.05, 0.1) is 6.04 Å². The van der Waals surface area contributed by atoms with Gasteiger partial charge in [-0.2, -0.15) is 0 Å². The highest BCUT2D eigenvalue weighted by atomic mass is 16.3. The molecule has 0 heterocycles. The normalized spacial score (nSPS) is 12.3. The molecule has 0 amide bonds. The molecule has 0 bridgehead atoms. The van der Waals surface area contributed by atoms with Crippen LogP contribution < -0.4 is 5.32 Å². The van der Waals surface area contributed by atoms with Crippen LogP contribution in [-0.2, 0) is 0 Å². The number of Topliss-reactive ketones (excluding diaryl/α,β-unsaturated/α-hetero) is 1. The number of carbonyl (C=O) groups excluding carboxylic acids is 1. The number of ketones is 1. The van der Waals surface area contributed by atoms with Crippen molar-refractivity contribution in [1.82, 2.24) is 5.32 Å². The molecule has 4 nitrogen and oxygen atoms in total. The van der Waals surface area contributed by atoms with Gasteiger partial charge in [-0.15, -0.1) is 0 Å². The van der Waals surface area contributed by atoms with E-state index in [9.17, 15) is 15.0 Å². The van der Waals surface area contributed by atoms with Crippen molar-refractivity contribution in [3.8, 4) is 11.5 Å². The number of nitrogens with one attached hydrogen (secondary N) is 1. The Labute approximate surface area is 124 Å². The van der Waals surface area contributed by atoms with Crippen molar-refractivity contribution >= 4 is 5.78 Å². The molecule has 0 aliphatic heterocycles. The second kappa shape index (κ2) is 6.41. The van der Waals surface area contributed by atoms with E-state index < -0.39 is 6.04 Å². The topological polar surface area (TPSA) is 69.6 Å². The number of aromatic hydroxyl groups is 2. The van der Waals surface area contributed by atoms with Crippen LogP contribution in [-0.4, -0.2) is 22.0 Å². The molecule has 0 aliphatic rings. The Bertz CT molecular complexity index is 623. The summed E-state index contributed by atoms with van der Waals surface area (Å²) in [6, 6.07) is 13.0. The van der Waals surface area contributed by atoms with Gasteiger partial charge in [0, 0.05) is 11.6 Å². The molecule has 21 heavy (non-hydrogen) atoms. The van der Waals surface area contributed by atoms with E-state index in [-0.39, 0.29) is 23.3 Å². The number of rotatable bonds is 5. The van der Waals surface area contributed by atoms with Crippen molar-refractivity contribution in [2.75, 3.05) is 0 Å². The van der Waals surface area contributed by atoms with Gasteiger partial charge in [0.2, 0.25) is 0 Å². The van der Waals surface area contributed by atoms with Gasteiger partial charge in [-0.25, -0.2) is 0 Å². The van der Waals surface area contributed by atoms with Crippen LogP contribution in [0.1, 0.15) is 35.8 Å². The molecule has 0 saturated carbocycles. The zero-order chi connectivity index (χ0) is 15.4. The maximum absolute atomic E-state index is 12.7. The van der Waals surface area contributed by atoms with Crippen molar-refractivity contribution < 1.29 is 15.0 Å². The maximum Gasteiger partial charge on any atom is 0.184 e. The molecule has 0 saturated heterocycles. The molecule has 0 radical (unpaired) electrons. The summed E-state index contributed by atoms with van der Waals surface area (Å²) in [6.45, 7) is 3.90. The van der Waals surface area contributed by atoms with Crippen LogP contribution >= 0.6 is 0 Å². The SMILES string of the molecule is CC(C)NC(C(=O)c1ccccc1)c1ccc(O)c(O)c1. The molecule has 1 atom stereocenters. The molecule has 1 unspecified atom stereocenters. The quantitative estimate of drug-likeness (QED) is 0.583. The molecular formula is C17H19NO3.